The molecule has 0 saturated carbocycles. The van der Waals surface area contributed by atoms with Crippen molar-refractivity contribution in [2.75, 3.05) is 5.32 Å². The minimum absolute atomic E-state index is 0.251. The lowest BCUT2D eigenvalue weighted by atomic mass is 10.1. The Bertz CT molecular complexity index is 651. The number of benzene rings is 1. The zero-order valence-electron chi connectivity index (χ0n) is 9.50. The van der Waals surface area contributed by atoms with E-state index in [-0.39, 0.29) is 5.56 Å². The maximum absolute atomic E-state index is 13.9. The van der Waals surface area contributed by atoms with Crippen LogP contribution in [0.5, 0.6) is 0 Å². The molecule has 2 aromatic rings. The van der Waals surface area contributed by atoms with Gasteiger partial charge in [-0.25, -0.2) is 14.4 Å². The van der Waals surface area contributed by atoms with Gasteiger partial charge in [0, 0.05) is 23.6 Å². The first-order valence-electron chi connectivity index (χ1n) is 5.42. The van der Waals surface area contributed by atoms with Gasteiger partial charge in [-0.3, -0.25) is 4.79 Å². The van der Waals surface area contributed by atoms with Gasteiger partial charge in [-0.1, -0.05) is 0 Å². The molecule has 1 amide bonds. The van der Waals surface area contributed by atoms with Crippen molar-refractivity contribution in [3.8, 4) is 0 Å². The van der Waals surface area contributed by atoms with Crippen molar-refractivity contribution in [3.63, 3.8) is 0 Å². The lowest BCUT2D eigenvalue weighted by molar-refractivity contribution is -0.123. The lowest BCUT2D eigenvalue weighted by Gasteiger charge is -2.05. The second kappa shape index (κ2) is 4.60. The third-order valence-corrected chi connectivity index (χ3v) is 3.57. The molecule has 19 heavy (non-hydrogen) atoms. The van der Waals surface area contributed by atoms with Crippen LogP contribution >= 0.6 is 11.8 Å². The first-order valence-corrected chi connectivity index (χ1v) is 6.24. The van der Waals surface area contributed by atoms with E-state index >= 15 is 0 Å². The average molecular weight is 277 g/mol. The number of aliphatic hydroxyl groups is 1. The first-order chi connectivity index (χ1) is 9.15. The summed E-state index contributed by atoms with van der Waals surface area (Å²) in [7, 11) is 0. The average Bonchev–Trinajstić information content (AvgIpc) is 2.67. The number of hydrogen-bond donors (Lipinski definition) is 2. The molecular formula is C12H8FN3O2S. The van der Waals surface area contributed by atoms with Crippen molar-refractivity contribution < 1.29 is 14.3 Å². The molecule has 0 bridgehead atoms. The number of nitrogens with one attached hydrogen (secondary N) is 1. The molecule has 1 aromatic heterocycles. The Morgan fingerprint density at radius 3 is 2.79 bits per heavy atom. The Labute approximate surface area is 111 Å². The van der Waals surface area contributed by atoms with Crippen LogP contribution in [0.4, 0.5) is 10.1 Å². The van der Waals surface area contributed by atoms with E-state index in [1.807, 2.05) is 0 Å². The van der Waals surface area contributed by atoms with Gasteiger partial charge in [0.05, 0.1) is 4.90 Å². The highest BCUT2D eigenvalue weighted by Gasteiger charge is 2.30. The molecule has 5 nitrogen and oxygen atoms in total. The molecule has 1 unspecified atom stereocenters. The number of rotatable bonds is 2. The third-order valence-electron chi connectivity index (χ3n) is 2.65. The van der Waals surface area contributed by atoms with Gasteiger partial charge in [0.2, 0.25) is 0 Å². The zero-order valence-corrected chi connectivity index (χ0v) is 10.3. The molecule has 0 fully saturated rings. The molecule has 0 spiro atoms. The molecular weight excluding hydrogens is 269 g/mol. The number of amides is 1. The van der Waals surface area contributed by atoms with Crippen molar-refractivity contribution in [2.45, 2.75) is 16.2 Å². The van der Waals surface area contributed by atoms with Crippen LogP contribution in [0.25, 0.3) is 0 Å². The molecule has 1 aliphatic heterocycles. The standard InChI is InChI=1S/C12H8FN3O2S/c13-7-4-6-8(16-11(18)10(6)17)5-9(7)19-12-14-2-1-3-15-12/h1-5,10,17H,(H,16,18). The van der Waals surface area contributed by atoms with Crippen molar-refractivity contribution in [2.24, 2.45) is 0 Å². The van der Waals surface area contributed by atoms with Gasteiger partial charge in [0.15, 0.2) is 11.3 Å². The summed E-state index contributed by atoms with van der Waals surface area (Å²) in [6.07, 6.45) is 1.81. The number of aliphatic hydroxyl groups excluding tert-OH is 1. The SMILES string of the molecule is O=C1Nc2cc(Sc3ncccn3)c(F)cc2C1O. The Morgan fingerprint density at radius 1 is 1.32 bits per heavy atom. The van der Waals surface area contributed by atoms with Crippen molar-refractivity contribution >= 4 is 23.4 Å². The van der Waals surface area contributed by atoms with Crippen LogP contribution in [0.1, 0.15) is 11.7 Å². The van der Waals surface area contributed by atoms with E-state index < -0.39 is 17.8 Å². The molecule has 2 N–H and O–H groups in total. The van der Waals surface area contributed by atoms with Gasteiger partial charge in [-0.2, -0.15) is 0 Å². The molecule has 0 aliphatic carbocycles. The van der Waals surface area contributed by atoms with E-state index in [1.165, 1.54) is 6.07 Å². The number of carbonyl (C=O) groups is 1. The van der Waals surface area contributed by atoms with Crippen LogP contribution in [-0.2, 0) is 4.79 Å². The summed E-state index contributed by atoms with van der Waals surface area (Å²) >= 11 is 1.05. The second-order valence-corrected chi connectivity index (χ2v) is 4.90. The van der Waals surface area contributed by atoms with Gasteiger partial charge < -0.3 is 10.4 Å². The minimum atomic E-state index is -1.31. The zero-order chi connectivity index (χ0) is 13.4. The molecule has 1 aliphatic rings. The molecule has 7 heteroatoms. The fraction of sp³-hybridized carbons (Fsp3) is 0.0833. The number of aromatic nitrogens is 2. The van der Waals surface area contributed by atoms with Crippen LogP contribution in [0, 0.1) is 5.82 Å². The smallest absolute Gasteiger partial charge is 0.257 e. The minimum Gasteiger partial charge on any atom is -0.378 e. The molecule has 3 rings (SSSR count). The molecule has 96 valence electrons. The predicted octanol–water partition coefficient (Wildman–Crippen LogP) is 1.75. The Kier molecular flexibility index (Phi) is 2.92. The van der Waals surface area contributed by atoms with E-state index in [2.05, 4.69) is 15.3 Å². The van der Waals surface area contributed by atoms with E-state index in [4.69, 9.17) is 0 Å². The van der Waals surface area contributed by atoms with Gasteiger partial charge in [0.25, 0.3) is 5.91 Å². The van der Waals surface area contributed by atoms with Gasteiger partial charge in [0.1, 0.15) is 5.82 Å². The summed E-state index contributed by atoms with van der Waals surface area (Å²) in [6, 6.07) is 4.29. The molecule has 1 atom stereocenters. The number of anilines is 1. The highest BCUT2D eigenvalue weighted by molar-refractivity contribution is 7.99. The predicted molar refractivity (Wildman–Crippen MR) is 66.1 cm³/mol. The summed E-state index contributed by atoms with van der Waals surface area (Å²) in [6.45, 7) is 0. The number of hydrogen-bond acceptors (Lipinski definition) is 5. The molecule has 1 aromatic carbocycles. The summed E-state index contributed by atoms with van der Waals surface area (Å²) in [4.78, 5) is 19.6. The van der Waals surface area contributed by atoms with Gasteiger partial charge in [-0.15, -0.1) is 0 Å². The van der Waals surface area contributed by atoms with Crippen molar-refractivity contribution in [3.05, 3.63) is 42.0 Å². The lowest BCUT2D eigenvalue weighted by Crippen LogP contribution is -2.10. The fourth-order valence-electron chi connectivity index (χ4n) is 1.76. The largest absolute Gasteiger partial charge is 0.378 e. The van der Waals surface area contributed by atoms with Crippen LogP contribution in [0.3, 0.4) is 0 Å². The normalized spacial score (nSPS) is 17.2. The van der Waals surface area contributed by atoms with Crippen molar-refractivity contribution in [1.29, 1.82) is 0 Å². The Hall–Kier alpha value is -1.99. The van der Waals surface area contributed by atoms with Crippen LogP contribution < -0.4 is 5.32 Å². The maximum atomic E-state index is 13.9. The van der Waals surface area contributed by atoms with Gasteiger partial charge >= 0.3 is 0 Å². The van der Waals surface area contributed by atoms with E-state index in [0.29, 0.717) is 15.7 Å². The van der Waals surface area contributed by atoms with Crippen LogP contribution in [0.15, 0.2) is 40.6 Å². The molecule has 2 heterocycles. The molecule has 0 radical (unpaired) electrons. The number of halogens is 1. The van der Waals surface area contributed by atoms with Crippen LogP contribution in [0.2, 0.25) is 0 Å². The maximum Gasteiger partial charge on any atom is 0.257 e. The van der Waals surface area contributed by atoms with Gasteiger partial charge in [-0.05, 0) is 30.0 Å². The highest BCUT2D eigenvalue weighted by Crippen LogP contribution is 2.37. The second-order valence-electron chi connectivity index (χ2n) is 3.90. The van der Waals surface area contributed by atoms with Crippen molar-refractivity contribution in [1.82, 2.24) is 9.97 Å². The summed E-state index contributed by atoms with van der Waals surface area (Å²) in [5.41, 5.74) is 0.665. The first kappa shape index (κ1) is 12.1. The van der Waals surface area contributed by atoms with E-state index in [9.17, 15) is 14.3 Å². The molecule has 0 saturated heterocycles. The number of carbonyl (C=O) groups excluding carboxylic acids is 1. The summed E-state index contributed by atoms with van der Waals surface area (Å²) in [5, 5.41) is 12.4. The highest BCUT2D eigenvalue weighted by atomic mass is 32.2. The third kappa shape index (κ3) is 2.18. The number of nitrogens with zero attached hydrogens (tertiary/aromatic N) is 2. The number of fused-ring (bicyclic) bond motifs is 1. The summed E-state index contributed by atoms with van der Waals surface area (Å²) < 4.78 is 13.9. The van der Waals surface area contributed by atoms with E-state index in [1.54, 1.807) is 18.5 Å². The topological polar surface area (TPSA) is 75.1 Å². The Balaban J connectivity index is 1.97. The fourth-order valence-corrected chi connectivity index (χ4v) is 2.52. The quantitative estimate of drug-likeness (QED) is 0.818. The van der Waals surface area contributed by atoms with E-state index in [0.717, 1.165) is 17.8 Å². The van der Waals surface area contributed by atoms with Crippen LogP contribution in [-0.4, -0.2) is 21.0 Å². The summed E-state index contributed by atoms with van der Waals surface area (Å²) in [5.74, 6) is -1.07. The Morgan fingerprint density at radius 2 is 2.05 bits per heavy atom. The monoisotopic (exact) mass is 277 g/mol.